The molecule has 170 valence electrons. The molecule has 5 nitrogen and oxygen atoms in total. The number of rotatable bonds is 12. The number of hydrogen-bond acceptors (Lipinski definition) is 2. The van der Waals surface area contributed by atoms with E-state index in [1.54, 1.807) is 4.90 Å². The Labute approximate surface area is 195 Å². The second-order valence-electron chi connectivity index (χ2n) is 8.29. The molecule has 0 bridgehead atoms. The highest BCUT2D eigenvalue weighted by Gasteiger charge is 2.23. The maximum atomic E-state index is 13.2. The van der Waals surface area contributed by atoms with Crippen LogP contribution in [0.2, 0.25) is 0 Å². The molecule has 2 amide bonds. The van der Waals surface area contributed by atoms with Crippen LogP contribution in [0.5, 0.6) is 0 Å². The summed E-state index contributed by atoms with van der Waals surface area (Å²) in [7, 11) is 0. The average Bonchev–Trinajstić information content (AvgIpc) is 3.17. The van der Waals surface area contributed by atoms with E-state index in [1.165, 1.54) is 5.56 Å². The van der Waals surface area contributed by atoms with Crippen molar-refractivity contribution in [1.29, 1.82) is 0 Å². The highest BCUT2D eigenvalue weighted by Crippen LogP contribution is 2.15. The lowest BCUT2D eigenvalue weighted by molar-refractivity contribution is -0.142. The number of carbonyl (C=O) groups is 2. The average molecular weight is 490 g/mol. The summed E-state index contributed by atoms with van der Waals surface area (Å²) < 4.78 is 3.26. The first kappa shape index (κ1) is 25.2. The molecule has 1 aromatic carbocycles. The van der Waals surface area contributed by atoms with Crippen molar-refractivity contribution in [2.75, 3.05) is 13.1 Å². The quantitative estimate of drug-likeness (QED) is 0.397. The first-order chi connectivity index (χ1) is 14.8. The summed E-state index contributed by atoms with van der Waals surface area (Å²) in [5.74, 6) is 0.0721. The van der Waals surface area contributed by atoms with Crippen LogP contribution in [0, 0.1) is 0 Å². The van der Waals surface area contributed by atoms with E-state index < -0.39 is 0 Å². The predicted molar refractivity (Wildman–Crippen MR) is 130 cm³/mol. The summed E-state index contributed by atoms with van der Waals surface area (Å²) in [5, 5.41) is 0. The Morgan fingerprint density at radius 3 is 2.35 bits per heavy atom. The molecule has 0 aliphatic rings. The molecule has 1 aromatic heterocycles. The van der Waals surface area contributed by atoms with E-state index in [0.29, 0.717) is 19.5 Å². The van der Waals surface area contributed by atoms with Crippen molar-refractivity contribution in [3.8, 4) is 0 Å². The lowest BCUT2D eigenvalue weighted by Gasteiger charge is -2.30. The summed E-state index contributed by atoms with van der Waals surface area (Å²) in [6, 6.07) is 12.4. The second kappa shape index (κ2) is 12.7. The predicted octanol–water partition coefficient (Wildman–Crippen LogP) is 5.46. The van der Waals surface area contributed by atoms with Crippen LogP contribution in [0.1, 0.15) is 64.6 Å². The molecule has 0 fully saturated rings. The first-order valence-corrected chi connectivity index (χ1v) is 12.1. The van der Waals surface area contributed by atoms with Crippen molar-refractivity contribution >= 4 is 27.7 Å². The molecule has 0 atom stereocenters. The van der Waals surface area contributed by atoms with Gasteiger partial charge in [-0.25, -0.2) is 0 Å². The number of amides is 2. The van der Waals surface area contributed by atoms with Crippen molar-refractivity contribution in [3.63, 3.8) is 0 Å². The molecule has 0 N–H and O–H groups in total. The Bertz CT molecular complexity index is 830. The van der Waals surface area contributed by atoms with E-state index in [2.05, 4.69) is 51.8 Å². The first-order valence-electron chi connectivity index (χ1n) is 11.3. The van der Waals surface area contributed by atoms with Gasteiger partial charge in [0.1, 0.15) is 0 Å². The molecule has 0 aliphatic heterocycles. The summed E-state index contributed by atoms with van der Waals surface area (Å²) >= 11 is 3.48. The number of benzene rings is 1. The highest BCUT2D eigenvalue weighted by molar-refractivity contribution is 9.10. The van der Waals surface area contributed by atoms with Crippen molar-refractivity contribution in [1.82, 2.24) is 14.4 Å². The van der Waals surface area contributed by atoms with E-state index >= 15 is 0 Å². The summed E-state index contributed by atoms with van der Waals surface area (Å²) in [6.45, 7) is 10.2. The molecule has 0 unspecified atom stereocenters. The van der Waals surface area contributed by atoms with Crippen molar-refractivity contribution in [2.45, 2.75) is 72.5 Å². The third-order valence-electron chi connectivity index (χ3n) is 5.39. The zero-order valence-electron chi connectivity index (χ0n) is 19.3. The summed E-state index contributed by atoms with van der Waals surface area (Å²) in [4.78, 5) is 29.3. The van der Waals surface area contributed by atoms with Gasteiger partial charge in [0.2, 0.25) is 11.8 Å². The Morgan fingerprint density at radius 1 is 1.03 bits per heavy atom. The summed E-state index contributed by atoms with van der Waals surface area (Å²) in [5.41, 5.74) is 2.31. The van der Waals surface area contributed by atoms with Gasteiger partial charge in [-0.1, -0.05) is 48.3 Å². The molecule has 1 heterocycles. The lowest BCUT2D eigenvalue weighted by atomic mass is 10.2. The van der Waals surface area contributed by atoms with Crippen molar-refractivity contribution in [2.24, 2.45) is 0 Å². The Hall–Kier alpha value is -2.08. The van der Waals surface area contributed by atoms with Gasteiger partial charge in [-0.05, 0) is 56.5 Å². The smallest absolute Gasteiger partial charge is 0.242 e. The van der Waals surface area contributed by atoms with E-state index in [4.69, 9.17) is 0 Å². The fourth-order valence-corrected chi connectivity index (χ4v) is 3.80. The lowest BCUT2D eigenvalue weighted by Crippen LogP contribution is -2.46. The number of halogens is 1. The largest absolute Gasteiger partial charge is 0.345 e. The van der Waals surface area contributed by atoms with Crippen LogP contribution < -0.4 is 0 Å². The van der Waals surface area contributed by atoms with Crippen LogP contribution in [-0.4, -0.2) is 45.3 Å². The van der Waals surface area contributed by atoms with Gasteiger partial charge in [-0.2, -0.15) is 0 Å². The Balaban J connectivity index is 2.14. The normalized spacial score (nSPS) is 11.0. The van der Waals surface area contributed by atoms with E-state index in [-0.39, 0.29) is 24.4 Å². The molecule has 0 aliphatic carbocycles. The maximum Gasteiger partial charge on any atom is 0.242 e. The zero-order valence-corrected chi connectivity index (χ0v) is 20.9. The molecule has 2 aromatic rings. The van der Waals surface area contributed by atoms with E-state index in [1.807, 2.05) is 43.9 Å². The number of nitrogens with zero attached hydrogens (tertiary/aromatic N) is 3. The molecule has 0 saturated carbocycles. The monoisotopic (exact) mass is 489 g/mol. The van der Waals surface area contributed by atoms with Gasteiger partial charge in [-0.3, -0.25) is 9.59 Å². The fraction of sp³-hybridized carbons (Fsp3) is 0.520. The van der Waals surface area contributed by atoms with Crippen LogP contribution in [0.3, 0.4) is 0 Å². The van der Waals surface area contributed by atoms with Crippen LogP contribution in [0.15, 0.2) is 47.1 Å². The molecule has 0 spiro atoms. The second-order valence-corrected chi connectivity index (χ2v) is 9.20. The van der Waals surface area contributed by atoms with Crippen molar-refractivity contribution in [3.05, 3.63) is 58.3 Å². The van der Waals surface area contributed by atoms with E-state index in [0.717, 1.165) is 36.0 Å². The number of hydrogen-bond donors (Lipinski definition) is 0. The third-order valence-corrected chi connectivity index (χ3v) is 5.92. The van der Waals surface area contributed by atoms with Crippen LogP contribution in [0.25, 0.3) is 0 Å². The molecular formula is C25H36BrN3O2. The minimum atomic E-state index is 0.0114. The van der Waals surface area contributed by atoms with Gasteiger partial charge in [0, 0.05) is 41.9 Å². The van der Waals surface area contributed by atoms with Gasteiger partial charge in [0.15, 0.2) is 0 Å². The number of aromatic nitrogens is 1. The molecule has 6 heteroatoms. The minimum Gasteiger partial charge on any atom is -0.345 e. The van der Waals surface area contributed by atoms with Crippen LogP contribution in [-0.2, 0) is 22.7 Å². The standard InChI is InChI=1S/C25H36BrN3O2/c1-5-7-15-28(25(31)19-29(20(3)4)24(30)9-6-2)18-23-10-8-16-27(23)17-21-11-13-22(26)14-12-21/h8,10-14,16,20H,5-7,9,15,17-19H2,1-4H3. The van der Waals surface area contributed by atoms with E-state index in [9.17, 15) is 9.59 Å². The molecule has 31 heavy (non-hydrogen) atoms. The highest BCUT2D eigenvalue weighted by atomic mass is 79.9. The summed E-state index contributed by atoms with van der Waals surface area (Å²) in [6.07, 6.45) is 5.30. The van der Waals surface area contributed by atoms with Gasteiger partial charge in [0.25, 0.3) is 0 Å². The van der Waals surface area contributed by atoms with Crippen molar-refractivity contribution < 1.29 is 9.59 Å². The topological polar surface area (TPSA) is 45.6 Å². The Kier molecular flexibility index (Phi) is 10.3. The SMILES string of the molecule is CCCCN(Cc1cccn1Cc1ccc(Br)cc1)C(=O)CN(C(=O)CCC)C(C)C. The van der Waals surface area contributed by atoms with Gasteiger partial charge in [0.05, 0.1) is 13.1 Å². The van der Waals surface area contributed by atoms with Crippen LogP contribution in [0.4, 0.5) is 0 Å². The van der Waals surface area contributed by atoms with Crippen LogP contribution >= 0.6 is 15.9 Å². The maximum absolute atomic E-state index is 13.2. The Morgan fingerprint density at radius 2 is 1.74 bits per heavy atom. The number of unbranched alkanes of at least 4 members (excludes halogenated alkanes) is 1. The minimum absolute atomic E-state index is 0.0114. The molecule has 0 saturated heterocycles. The van der Waals surface area contributed by atoms with Gasteiger partial charge in [-0.15, -0.1) is 0 Å². The van der Waals surface area contributed by atoms with Gasteiger partial charge < -0.3 is 14.4 Å². The third kappa shape index (κ3) is 7.84. The molecule has 0 radical (unpaired) electrons. The molecule has 2 rings (SSSR count). The molecular weight excluding hydrogens is 454 g/mol. The van der Waals surface area contributed by atoms with Gasteiger partial charge >= 0.3 is 0 Å². The fourth-order valence-electron chi connectivity index (χ4n) is 3.53. The zero-order chi connectivity index (χ0) is 22.8. The number of carbonyl (C=O) groups excluding carboxylic acids is 2.